The summed E-state index contributed by atoms with van der Waals surface area (Å²) >= 11 is 0. The number of amides is 1. The second kappa shape index (κ2) is 8.54. The van der Waals surface area contributed by atoms with Crippen molar-refractivity contribution >= 4 is 5.91 Å². The van der Waals surface area contributed by atoms with Crippen LogP contribution < -0.4 is 5.32 Å². The normalized spacial score (nSPS) is 17.2. The Morgan fingerprint density at radius 3 is 2.16 bits per heavy atom. The van der Waals surface area contributed by atoms with Crippen LogP contribution in [0.15, 0.2) is 0 Å². The third-order valence-corrected chi connectivity index (χ3v) is 3.25. The van der Waals surface area contributed by atoms with Gasteiger partial charge in [-0.15, -0.1) is 0 Å². The summed E-state index contributed by atoms with van der Waals surface area (Å²) in [4.78, 5) is 14.2. The lowest BCUT2D eigenvalue weighted by Crippen LogP contribution is -2.41. The van der Waals surface area contributed by atoms with E-state index in [0.717, 1.165) is 39.0 Å². The monoisotopic (exact) mass is 270 g/mol. The van der Waals surface area contributed by atoms with Gasteiger partial charge in [-0.3, -0.25) is 4.79 Å². The molecule has 1 saturated heterocycles. The number of hydrogen-bond donors (Lipinski definition) is 1. The standard InChI is InChI=1S/C15H30N2O2/c1-12(2)9-17(10-13(3)4)15(18)11-19-14-5-7-16-8-6-14/h12-14,16H,5-11H2,1-4H3. The summed E-state index contributed by atoms with van der Waals surface area (Å²) in [5.41, 5.74) is 0. The Hall–Kier alpha value is -0.610. The zero-order valence-electron chi connectivity index (χ0n) is 12.9. The SMILES string of the molecule is CC(C)CN(CC(C)C)C(=O)COC1CCNCC1. The highest BCUT2D eigenvalue weighted by Gasteiger charge is 2.19. The average Bonchev–Trinajstić information content (AvgIpc) is 2.35. The maximum absolute atomic E-state index is 12.2. The first-order chi connectivity index (χ1) is 8.99. The van der Waals surface area contributed by atoms with Crippen molar-refractivity contribution in [2.75, 3.05) is 32.8 Å². The molecule has 4 heteroatoms. The highest BCUT2D eigenvalue weighted by atomic mass is 16.5. The van der Waals surface area contributed by atoms with Crippen LogP contribution in [0.25, 0.3) is 0 Å². The van der Waals surface area contributed by atoms with Crippen molar-refractivity contribution in [2.45, 2.75) is 46.6 Å². The van der Waals surface area contributed by atoms with Crippen molar-refractivity contribution in [3.05, 3.63) is 0 Å². The molecule has 0 atom stereocenters. The molecule has 0 radical (unpaired) electrons. The number of nitrogens with zero attached hydrogens (tertiary/aromatic N) is 1. The molecule has 19 heavy (non-hydrogen) atoms. The van der Waals surface area contributed by atoms with Gasteiger partial charge in [0.2, 0.25) is 5.91 Å². The van der Waals surface area contributed by atoms with Crippen LogP contribution in [-0.4, -0.2) is 49.7 Å². The summed E-state index contributed by atoms with van der Waals surface area (Å²) in [6.45, 7) is 12.5. The van der Waals surface area contributed by atoms with Crippen LogP contribution >= 0.6 is 0 Å². The number of carbonyl (C=O) groups is 1. The van der Waals surface area contributed by atoms with E-state index in [1.54, 1.807) is 0 Å². The number of nitrogens with one attached hydrogen (secondary N) is 1. The molecule has 0 aliphatic carbocycles. The van der Waals surface area contributed by atoms with Crippen LogP contribution in [0.4, 0.5) is 0 Å². The Morgan fingerprint density at radius 2 is 1.68 bits per heavy atom. The molecular formula is C15H30N2O2. The van der Waals surface area contributed by atoms with E-state index in [4.69, 9.17) is 4.74 Å². The molecule has 1 aliphatic rings. The molecule has 1 aliphatic heterocycles. The van der Waals surface area contributed by atoms with Crippen LogP contribution in [-0.2, 0) is 9.53 Å². The van der Waals surface area contributed by atoms with Gasteiger partial charge in [0, 0.05) is 13.1 Å². The fraction of sp³-hybridized carbons (Fsp3) is 0.933. The van der Waals surface area contributed by atoms with Crippen LogP contribution in [0.1, 0.15) is 40.5 Å². The molecule has 0 aromatic heterocycles. The Labute approximate surface area is 117 Å². The highest BCUT2D eigenvalue weighted by Crippen LogP contribution is 2.09. The number of carbonyl (C=O) groups excluding carboxylic acids is 1. The van der Waals surface area contributed by atoms with Gasteiger partial charge < -0.3 is 15.0 Å². The zero-order valence-corrected chi connectivity index (χ0v) is 12.9. The molecule has 0 saturated carbocycles. The van der Waals surface area contributed by atoms with E-state index >= 15 is 0 Å². The van der Waals surface area contributed by atoms with Gasteiger partial charge in [-0.1, -0.05) is 27.7 Å². The minimum atomic E-state index is 0.140. The van der Waals surface area contributed by atoms with Crippen molar-refractivity contribution in [3.8, 4) is 0 Å². The van der Waals surface area contributed by atoms with Crippen LogP contribution in [0.3, 0.4) is 0 Å². The molecule has 0 bridgehead atoms. The second-order valence-corrected chi connectivity index (χ2v) is 6.35. The van der Waals surface area contributed by atoms with Gasteiger partial charge >= 0.3 is 0 Å². The zero-order chi connectivity index (χ0) is 14.3. The molecular weight excluding hydrogens is 240 g/mol. The topological polar surface area (TPSA) is 41.6 Å². The maximum atomic E-state index is 12.2. The summed E-state index contributed by atoms with van der Waals surface area (Å²) < 4.78 is 5.76. The lowest BCUT2D eigenvalue weighted by Gasteiger charge is -2.28. The van der Waals surface area contributed by atoms with Crippen molar-refractivity contribution in [3.63, 3.8) is 0 Å². The predicted octanol–water partition coefficient (Wildman–Crippen LogP) is 1.90. The molecule has 1 rings (SSSR count). The Balaban J connectivity index is 2.37. The Morgan fingerprint density at radius 1 is 1.16 bits per heavy atom. The Kier molecular flexibility index (Phi) is 7.39. The largest absolute Gasteiger partial charge is 0.368 e. The highest BCUT2D eigenvalue weighted by molar-refractivity contribution is 5.77. The first-order valence-electron chi connectivity index (χ1n) is 7.59. The van der Waals surface area contributed by atoms with Gasteiger partial charge in [-0.25, -0.2) is 0 Å². The van der Waals surface area contributed by atoms with E-state index in [1.807, 2.05) is 4.90 Å². The van der Waals surface area contributed by atoms with Crippen LogP contribution in [0.5, 0.6) is 0 Å². The van der Waals surface area contributed by atoms with E-state index in [0.29, 0.717) is 11.8 Å². The fourth-order valence-corrected chi connectivity index (χ4v) is 2.40. The summed E-state index contributed by atoms with van der Waals surface area (Å²) in [7, 11) is 0. The first kappa shape index (κ1) is 16.4. The van der Waals surface area contributed by atoms with E-state index in [9.17, 15) is 4.79 Å². The summed E-state index contributed by atoms with van der Waals surface area (Å²) in [5.74, 6) is 1.14. The van der Waals surface area contributed by atoms with Crippen molar-refractivity contribution in [2.24, 2.45) is 11.8 Å². The van der Waals surface area contributed by atoms with Crippen molar-refractivity contribution in [1.29, 1.82) is 0 Å². The summed E-state index contributed by atoms with van der Waals surface area (Å²) in [6.07, 6.45) is 2.29. The smallest absolute Gasteiger partial charge is 0.248 e. The minimum absolute atomic E-state index is 0.140. The molecule has 0 spiro atoms. The molecule has 112 valence electrons. The lowest BCUT2D eigenvalue weighted by molar-refractivity contribution is -0.139. The van der Waals surface area contributed by atoms with Gasteiger partial charge in [-0.05, 0) is 37.8 Å². The van der Waals surface area contributed by atoms with Crippen LogP contribution in [0.2, 0.25) is 0 Å². The van der Waals surface area contributed by atoms with E-state index in [-0.39, 0.29) is 18.6 Å². The van der Waals surface area contributed by atoms with E-state index in [2.05, 4.69) is 33.0 Å². The molecule has 0 aromatic rings. The predicted molar refractivity (Wildman–Crippen MR) is 78.1 cm³/mol. The molecule has 0 unspecified atom stereocenters. The van der Waals surface area contributed by atoms with Crippen molar-refractivity contribution < 1.29 is 9.53 Å². The second-order valence-electron chi connectivity index (χ2n) is 6.35. The molecule has 0 aromatic carbocycles. The van der Waals surface area contributed by atoms with Gasteiger partial charge in [0.25, 0.3) is 0 Å². The third-order valence-electron chi connectivity index (χ3n) is 3.25. The van der Waals surface area contributed by atoms with Gasteiger partial charge in [0.05, 0.1) is 6.10 Å². The Bertz CT molecular complexity index is 251. The third kappa shape index (κ3) is 6.92. The van der Waals surface area contributed by atoms with E-state index < -0.39 is 0 Å². The first-order valence-corrected chi connectivity index (χ1v) is 7.59. The molecule has 1 amide bonds. The molecule has 1 fully saturated rings. The molecule has 4 nitrogen and oxygen atoms in total. The van der Waals surface area contributed by atoms with Crippen LogP contribution in [0, 0.1) is 11.8 Å². The van der Waals surface area contributed by atoms with Gasteiger partial charge in [-0.2, -0.15) is 0 Å². The minimum Gasteiger partial charge on any atom is -0.368 e. The number of hydrogen-bond acceptors (Lipinski definition) is 3. The number of ether oxygens (including phenoxy) is 1. The fourth-order valence-electron chi connectivity index (χ4n) is 2.40. The summed E-state index contributed by atoms with van der Waals surface area (Å²) in [5, 5.41) is 3.30. The molecule has 1 N–H and O–H groups in total. The van der Waals surface area contributed by atoms with E-state index in [1.165, 1.54) is 0 Å². The maximum Gasteiger partial charge on any atom is 0.248 e. The van der Waals surface area contributed by atoms with Gasteiger partial charge in [0.1, 0.15) is 6.61 Å². The number of piperidine rings is 1. The lowest BCUT2D eigenvalue weighted by atomic mass is 10.1. The van der Waals surface area contributed by atoms with Crippen molar-refractivity contribution in [1.82, 2.24) is 10.2 Å². The quantitative estimate of drug-likeness (QED) is 0.768. The number of rotatable bonds is 7. The summed E-state index contributed by atoms with van der Waals surface area (Å²) in [6, 6.07) is 0. The average molecular weight is 270 g/mol. The van der Waals surface area contributed by atoms with Gasteiger partial charge in [0.15, 0.2) is 0 Å². The molecule has 1 heterocycles.